The van der Waals surface area contributed by atoms with Gasteiger partial charge in [0.25, 0.3) is 5.91 Å². The van der Waals surface area contributed by atoms with Crippen LogP contribution in [0.5, 0.6) is 0 Å². The molecule has 4 nitrogen and oxygen atoms in total. The van der Waals surface area contributed by atoms with Gasteiger partial charge in [-0.05, 0) is 42.7 Å². The molecule has 0 aromatic heterocycles. The summed E-state index contributed by atoms with van der Waals surface area (Å²) in [7, 11) is 0. The molecule has 0 aliphatic carbocycles. The van der Waals surface area contributed by atoms with E-state index in [-0.39, 0.29) is 5.56 Å². The summed E-state index contributed by atoms with van der Waals surface area (Å²) in [6.45, 7) is 1.67. The molecule has 2 aromatic carbocycles. The number of nitrogens with one attached hydrogen (secondary N) is 1. The number of ether oxygens (including phenoxy) is 1. The van der Waals surface area contributed by atoms with Crippen LogP contribution >= 0.6 is 0 Å². The molecule has 5 heteroatoms. The van der Waals surface area contributed by atoms with Gasteiger partial charge in [-0.25, -0.2) is 9.18 Å². The van der Waals surface area contributed by atoms with Gasteiger partial charge >= 0.3 is 5.97 Å². The number of anilines is 1. The number of halogens is 1. The van der Waals surface area contributed by atoms with Gasteiger partial charge in [0, 0.05) is 5.69 Å². The van der Waals surface area contributed by atoms with Crippen molar-refractivity contribution in [1.29, 1.82) is 0 Å². The molecule has 0 aliphatic rings. The highest BCUT2D eigenvalue weighted by Crippen LogP contribution is 2.12. The molecule has 0 radical (unpaired) electrons. The minimum atomic E-state index is -0.863. The maximum Gasteiger partial charge on any atom is 0.341 e. The second-order valence-corrected chi connectivity index (χ2v) is 5.40. The van der Waals surface area contributed by atoms with Crippen LogP contribution in [0.15, 0.2) is 48.5 Å². The molecule has 1 amide bonds. The van der Waals surface area contributed by atoms with Crippen molar-refractivity contribution in [2.24, 2.45) is 0 Å². The van der Waals surface area contributed by atoms with Crippen molar-refractivity contribution in [1.82, 2.24) is 0 Å². The average molecular weight is 329 g/mol. The topological polar surface area (TPSA) is 55.4 Å². The molecule has 0 atom stereocenters. The number of carbonyl (C=O) groups excluding carboxylic acids is 2. The van der Waals surface area contributed by atoms with Gasteiger partial charge in [0.2, 0.25) is 0 Å². The highest BCUT2D eigenvalue weighted by atomic mass is 19.1. The minimum Gasteiger partial charge on any atom is -0.452 e. The number of hydrogen-bond acceptors (Lipinski definition) is 3. The second kappa shape index (κ2) is 8.82. The number of hydrogen-bond donors (Lipinski definition) is 1. The van der Waals surface area contributed by atoms with Crippen LogP contribution in [-0.4, -0.2) is 18.5 Å². The lowest BCUT2D eigenvalue weighted by Crippen LogP contribution is -2.21. The molecular formula is C19H20FNO3. The molecule has 0 aliphatic heterocycles. The lowest BCUT2D eigenvalue weighted by atomic mass is 10.1. The van der Waals surface area contributed by atoms with E-state index in [1.165, 1.54) is 23.8 Å². The van der Waals surface area contributed by atoms with Crippen LogP contribution in [0, 0.1) is 5.82 Å². The summed E-state index contributed by atoms with van der Waals surface area (Å²) in [5, 5.41) is 2.64. The Kier molecular flexibility index (Phi) is 6.49. The molecule has 0 unspecified atom stereocenters. The average Bonchev–Trinajstić information content (AvgIpc) is 2.59. The van der Waals surface area contributed by atoms with Gasteiger partial charge < -0.3 is 10.1 Å². The molecule has 2 aromatic rings. The maximum atomic E-state index is 13.4. The van der Waals surface area contributed by atoms with Crippen molar-refractivity contribution < 1.29 is 18.7 Å². The molecule has 2 rings (SSSR count). The van der Waals surface area contributed by atoms with Crippen molar-refractivity contribution in [3.05, 3.63) is 65.5 Å². The predicted octanol–water partition coefficient (Wildman–Crippen LogP) is 3.96. The van der Waals surface area contributed by atoms with Crippen LogP contribution in [0.25, 0.3) is 0 Å². The third-order valence-electron chi connectivity index (χ3n) is 3.48. The summed E-state index contributed by atoms with van der Waals surface area (Å²) in [5.41, 5.74) is 1.65. The Hall–Kier alpha value is -2.69. The van der Waals surface area contributed by atoms with Gasteiger partial charge in [-0.1, -0.05) is 37.6 Å². The van der Waals surface area contributed by atoms with Crippen LogP contribution < -0.4 is 5.32 Å². The monoisotopic (exact) mass is 329 g/mol. The summed E-state index contributed by atoms with van der Waals surface area (Å²) >= 11 is 0. The van der Waals surface area contributed by atoms with Crippen LogP contribution in [0.4, 0.5) is 10.1 Å². The fourth-order valence-electron chi connectivity index (χ4n) is 2.17. The SMILES string of the molecule is CCCCc1ccc(NC(=O)COC(=O)c2ccccc2F)cc1. The van der Waals surface area contributed by atoms with E-state index in [9.17, 15) is 14.0 Å². The largest absolute Gasteiger partial charge is 0.452 e. The normalized spacial score (nSPS) is 10.2. The first kappa shape index (κ1) is 17.7. The van der Waals surface area contributed by atoms with E-state index < -0.39 is 24.3 Å². The summed E-state index contributed by atoms with van der Waals surface area (Å²) in [6, 6.07) is 13.0. The Morgan fingerprint density at radius 3 is 2.46 bits per heavy atom. The van der Waals surface area contributed by atoms with Gasteiger partial charge in [-0.3, -0.25) is 4.79 Å². The Morgan fingerprint density at radius 1 is 1.08 bits per heavy atom. The first-order valence-corrected chi connectivity index (χ1v) is 7.90. The number of amides is 1. The van der Waals surface area contributed by atoms with E-state index in [2.05, 4.69) is 12.2 Å². The summed E-state index contributed by atoms with van der Waals surface area (Å²) < 4.78 is 18.3. The van der Waals surface area contributed by atoms with Crippen molar-refractivity contribution in [2.75, 3.05) is 11.9 Å². The summed E-state index contributed by atoms with van der Waals surface area (Å²) in [6.07, 6.45) is 3.26. The van der Waals surface area contributed by atoms with Crippen molar-refractivity contribution >= 4 is 17.6 Å². The standard InChI is InChI=1S/C19H20FNO3/c1-2-3-6-14-9-11-15(12-10-14)21-18(22)13-24-19(23)16-7-4-5-8-17(16)20/h4-5,7-12H,2-3,6,13H2,1H3,(H,21,22). The molecule has 24 heavy (non-hydrogen) atoms. The zero-order chi connectivity index (χ0) is 17.4. The number of rotatable bonds is 7. The first-order chi connectivity index (χ1) is 11.6. The maximum absolute atomic E-state index is 13.4. The summed E-state index contributed by atoms with van der Waals surface area (Å²) in [4.78, 5) is 23.5. The molecule has 0 saturated carbocycles. The van der Waals surface area contributed by atoms with Crippen LogP contribution in [0.1, 0.15) is 35.7 Å². The van der Waals surface area contributed by atoms with Crippen LogP contribution in [-0.2, 0) is 16.0 Å². The third-order valence-corrected chi connectivity index (χ3v) is 3.48. The van der Waals surface area contributed by atoms with Crippen LogP contribution in [0.3, 0.4) is 0 Å². The number of unbranched alkanes of at least 4 members (excludes halogenated alkanes) is 1. The van der Waals surface area contributed by atoms with Gasteiger partial charge in [0.05, 0.1) is 5.56 Å². The Labute approximate surface area is 140 Å². The van der Waals surface area contributed by atoms with Gasteiger partial charge in [0.15, 0.2) is 6.61 Å². The molecular weight excluding hydrogens is 309 g/mol. The third kappa shape index (κ3) is 5.19. The fraction of sp³-hybridized carbons (Fsp3) is 0.263. The Morgan fingerprint density at radius 2 is 1.79 bits per heavy atom. The van der Waals surface area contributed by atoms with E-state index in [4.69, 9.17) is 4.74 Å². The fourth-order valence-corrected chi connectivity index (χ4v) is 2.17. The van der Waals surface area contributed by atoms with Crippen molar-refractivity contribution in [2.45, 2.75) is 26.2 Å². The Balaban J connectivity index is 1.83. The minimum absolute atomic E-state index is 0.189. The number of esters is 1. The zero-order valence-electron chi connectivity index (χ0n) is 13.5. The van der Waals surface area contributed by atoms with E-state index in [0.717, 1.165) is 25.3 Å². The van der Waals surface area contributed by atoms with E-state index in [1.807, 2.05) is 24.3 Å². The van der Waals surface area contributed by atoms with Crippen molar-refractivity contribution in [3.8, 4) is 0 Å². The number of benzene rings is 2. The van der Waals surface area contributed by atoms with E-state index >= 15 is 0 Å². The van der Waals surface area contributed by atoms with Crippen molar-refractivity contribution in [3.63, 3.8) is 0 Å². The quantitative estimate of drug-likeness (QED) is 0.782. The summed E-state index contributed by atoms with van der Waals surface area (Å²) in [5.74, 6) is -2.01. The molecule has 0 fully saturated rings. The predicted molar refractivity (Wildman–Crippen MR) is 90.4 cm³/mol. The molecule has 0 bridgehead atoms. The molecule has 1 N–H and O–H groups in total. The zero-order valence-corrected chi connectivity index (χ0v) is 13.5. The molecule has 126 valence electrons. The second-order valence-electron chi connectivity index (χ2n) is 5.40. The van der Waals surface area contributed by atoms with E-state index in [1.54, 1.807) is 0 Å². The lowest BCUT2D eigenvalue weighted by molar-refractivity contribution is -0.119. The first-order valence-electron chi connectivity index (χ1n) is 7.90. The molecule has 0 saturated heterocycles. The Bertz CT molecular complexity index is 698. The van der Waals surface area contributed by atoms with Gasteiger partial charge in [0.1, 0.15) is 5.82 Å². The number of aryl methyl sites for hydroxylation is 1. The van der Waals surface area contributed by atoms with Gasteiger partial charge in [-0.2, -0.15) is 0 Å². The number of carbonyl (C=O) groups is 2. The van der Waals surface area contributed by atoms with E-state index in [0.29, 0.717) is 5.69 Å². The molecule has 0 spiro atoms. The highest BCUT2D eigenvalue weighted by molar-refractivity contribution is 5.95. The smallest absolute Gasteiger partial charge is 0.341 e. The highest BCUT2D eigenvalue weighted by Gasteiger charge is 2.14. The lowest BCUT2D eigenvalue weighted by Gasteiger charge is -2.08. The molecule has 0 heterocycles. The van der Waals surface area contributed by atoms with Crippen LogP contribution in [0.2, 0.25) is 0 Å². The van der Waals surface area contributed by atoms with Gasteiger partial charge in [-0.15, -0.1) is 0 Å².